The monoisotopic (exact) mass is 1670 g/mol. The SMILES string of the molecule is C#C[Si](C)(C)C.C#Cc1cc2c(cc1C)OCCC2(C)C.C=CC(C)=O.CC(=O)CCOc1ccc(Br)c(C)c1.Cc1cc(O)ccc1Br.Cc1cc(OCCC(C)(C)O)ccc1Br.Cc1cc2c(cc1Br)C(C)(C)CCO2.Cc1cc2c(cc1C#C[Si](C)(C)C)C(C)(C)CCO2.[H+].[K+].[OH-]. The van der Waals surface area contributed by atoms with Crippen molar-refractivity contribution < 1.29 is 102 Å². The largest absolute Gasteiger partial charge is 1.00 e. The first-order chi connectivity index (χ1) is 44.7. The van der Waals surface area contributed by atoms with Gasteiger partial charge >= 0.3 is 52.8 Å². The van der Waals surface area contributed by atoms with Crippen molar-refractivity contribution in [2.75, 3.05) is 33.0 Å². The number of aromatic hydroxyl groups is 1. The van der Waals surface area contributed by atoms with E-state index in [1.807, 2.05) is 70.2 Å². The molecule has 17 heteroatoms. The van der Waals surface area contributed by atoms with E-state index in [1.165, 1.54) is 50.9 Å². The Labute approximate surface area is 675 Å². The summed E-state index contributed by atoms with van der Waals surface area (Å²) in [6, 6.07) is 29.7. The Hall–Kier alpha value is -4.21. The molecule has 534 valence electrons. The number of halogens is 4. The number of hydrogen-bond donors (Lipinski definition) is 2. The Kier molecular flexibility index (Phi) is 41.9. The molecule has 3 N–H and O–H groups in total. The number of terminal acetylenes is 2. The summed E-state index contributed by atoms with van der Waals surface area (Å²) in [6.07, 6.45) is 16.2. The number of carbonyl (C=O) groups is 2. The second kappa shape index (κ2) is 43.8. The summed E-state index contributed by atoms with van der Waals surface area (Å²) in [5, 5.41) is 18.4. The van der Waals surface area contributed by atoms with Crippen molar-refractivity contribution in [3.8, 4) is 70.3 Å². The van der Waals surface area contributed by atoms with Gasteiger partial charge in [0.2, 0.25) is 0 Å². The van der Waals surface area contributed by atoms with Crippen molar-refractivity contribution in [1.29, 1.82) is 0 Å². The van der Waals surface area contributed by atoms with Crippen molar-refractivity contribution in [1.82, 2.24) is 0 Å². The van der Waals surface area contributed by atoms with Crippen LogP contribution in [0.1, 0.15) is 164 Å². The van der Waals surface area contributed by atoms with Gasteiger partial charge in [0.05, 0.1) is 38.6 Å². The van der Waals surface area contributed by atoms with Gasteiger partial charge in [0, 0.05) is 58.5 Å². The maximum atomic E-state index is 10.7. The van der Waals surface area contributed by atoms with E-state index in [-0.39, 0.29) is 86.1 Å². The molecular weight excluding hydrogens is 1560 g/mol. The van der Waals surface area contributed by atoms with Gasteiger partial charge in [0.1, 0.15) is 56.4 Å². The third-order valence-electron chi connectivity index (χ3n) is 15.6. The maximum Gasteiger partial charge on any atom is 1.00 e. The minimum absolute atomic E-state index is 0. The van der Waals surface area contributed by atoms with Gasteiger partial charge in [-0.05, 0) is 235 Å². The molecule has 99 heavy (non-hydrogen) atoms. The third kappa shape index (κ3) is 36.2. The predicted octanol–water partition coefficient (Wildman–Crippen LogP) is 19.2. The van der Waals surface area contributed by atoms with E-state index in [2.05, 4.69) is 224 Å². The number of benzene rings is 6. The summed E-state index contributed by atoms with van der Waals surface area (Å²) >= 11 is 13.7. The van der Waals surface area contributed by atoms with Gasteiger partial charge in [-0.15, -0.1) is 23.9 Å². The number of ketones is 2. The Morgan fingerprint density at radius 3 is 1.28 bits per heavy atom. The van der Waals surface area contributed by atoms with Crippen LogP contribution in [0.15, 0.2) is 122 Å². The quantitative estimate of drug-likeness (QED) is 0.0813. The van der Waals surface area contributed by atoms with E-state index in [9.17, 15) is 14.7 Å². The number of aryl methyl sites for hydroxylation is 6. The number of hydrogen-bond acceptors (Lipinski definition) is 10. The van der Waals surface area contributed by atoms with Gasteiger partial charge in [-0.1, -0.05) is 163 Å². The average molecular weight is 1670 g/mol. The number of rotatable bonds is 9. The fraction of sp³-hybridized carbons (Fsp3) is 0.439. The molecule has 9 rings (SSSR count). The van der Waals surface area contributed by atoms with Gasteiger partial charge in [0.15, 0.2) is 5.78 Å². The second-order valence-corrected chi connectivity index (χ2v) is 42.1. The molecule has 0 aliphatic carbocycles. The molecule has 0 atom stereocenters. The molecule has 10 nitrogen and oxygen atoms in total. The zero-order valence-corrected chi connectivity index (χ0v) is 74.8. The maximum absolute atomic E-state index is 10.7. The van der Waals surface area contributed by atoms with Gasteiger partial charge in [0.25, 0.3) is 0 Å². The first kappa shape index (κ1) is 94.8. The van der Waals surface area contributed by atoms with Crippen LogP contribution in [0.5, 0.6) is 34.5 Å². The molecule has 0 saturated carbocycles. The van der Waals surface area contributed by atoms with Crippen molar-refractivity contribution in [3.63, 3.8) is 0 Å². The van der Waals surface area contributed by atoms with Crippen molar-refractivity contribution >= 4 is 91.4 Å². The van der Waals surface area contributed by atoms with E-state index in [4.69, 9.17) is 41.6 Å². The molecule has 6 aromatic carbocycles. The molecule has 6 aromatic rings. The smallest absolute Gasteiger partial charge is 0.870 e. The zero-order valence-electron chi connectivity index (χ0n) is 64.4. The Bertz CT molecular complexity index is 3780. The summed E-state index contributed by atoms with van der Waals surface area (Å²) < 4.78 is 32.4. The molecule has 3 aliphatic heterocycles. The topological polar surface area (TPSA) is 151 Å². The predicted molar refractivity (Wildman–Crippen MR) is 430 cm³/mol. The first-order valence-electron chi connectivity index (χ1n) is 32.8. The van der Waals surface area contributed by atoms with Gasteiger partial charge in [-0.25, -0.2) is 0 Å². The minimum atomic E-state index is -1.33. The van der Waals surface area contributed by atoms with Crippen molar-refractivity contribution in [2.45, 2.75) is 204 Å². The molecule has 0 unspecified atom stereocenters. The number of allylic oxidation sites excluding steroid dienone is 1. The Balaban J connectivity index is 0. The Morgan fingerprint density at radius 2 is 0.939 bits per heavy atom. The number of fused-ring (bicyclic) bond motifs is 3. The van der Waals surface area contributed by atoms with Crippen LogP contribution in [0.2, 0.25) is 39.3 Å². The summed E-state index contributed by atoms with van der Waals surface area (Å²) in [7, 11) is -2.43. The molecule has 0 radical (unpaired) electrons. The molecule has 0 fully saturated rings. The van der Waals surface area contributed by atoms with Gasteiger partial charge in [-0.2, -0.15) is 0 Å². The van der Waals surface area contributed by atoms with E-state index in [0.29, 0.717) is 31.8 Å². The Morgan fingerprint density at radius 1 is 0.586 bits per heavy atom. The number of ether oxygens (including phenoxy) is 5. The minimum Gasteiger partial charge on any atom is -0.870 e. The van der Waals surface area contributed by atoms with Crippen molar-refractivity contribution in [3.05, 3.63) is 183 Å². The normalized spacial score (nSPS) is 13.5. The van der Waals surface area contributed by atoms with E-state index in [1.54, 1.807) is 32.9 Å². The molecule has 3 aliphatic rings. The molecule has 3 heterocycles. The second-order valence-electron chi connectivity index (χ2n) is 29.2. The van der Waals surface area contributed by atoms with Crippen LogP contribution in [0, 0.1) is 77.3 Å². The van der Waals surface area contributed by atoms with Gasteiger partial charge < -0.3 is 39.4 Å². The summed E-state index contributed by atoms with van der Waals surface area (Å²) in [4.78, 5) is 20.4. The fourth-order valence-electron chi connectivity index (χ4n) is 8.93. The molecular formula is C82H110Br4KO10Si2+. The van der Waals surface area contributed by atoms with Crippen LogP contribution in [0.4, 0.5) is 0 Å². The van der Waals surface area contributed by atoms with Crippen LogP contribution in [0.3, 0.4) is 0 Å². The fourth-order valence-corrected chi connectivity index (χ4v) is 10.5. The van der Waals surface area contributed by atoms with Crippen LogP contribution < -0.4 is 75.1 Å². The number of phenolic OH excluding ortho intramolecular Hbond substituents is 1. The van der Waals surface area contributed by atoms with Gasteiger partial charge in [-0.3, -0.25) is 9.59 Å². The summed E-state index contributed by atoms with van der Waals surface area (Å²) in [6.45, 7) is 52.3. The number of carbonyl (C=O) groups excluding carboxylic acids is 2. The number of phenols is 1. The standard InChI is InChI=1S/C17H24OSi.C14H16O.C12H17BrO2.C12H15BrO.C11H13BrO2.C7H7BrO.C5H10Si.C4H6O.K.H2O/c1-13-11-16-15(17(2,3)8-9-18-16)12-14(13)7-10-19(4,5)6;1-5-11-9-12-13(8-10(11)2)15-7-6-14(12,3)4;1-9-8-10(4-5-11(9)13)15-7-6-12(2,3)14;1-8-6-11-9(7-10(8)13)12(2,3)4-5-14-11;1-8-7-10(3-4-11(8)12)14-6-5-9(2)13;1-5-4-6(9)2-3-7(5)8;1-5-6(2,3)4;1-3-4(2)5;;/h11-12H,8-9H2,1-6H3;1,8-9H,6-7H2,2-4H3;4-5,8,14H,6-7H2,1-3H3;6-7H,4-5H2,1-3H3;3-4,7H,5-6H2,1-2H3;2-4,9H,1H3;1H,2-4H3;3H,1H2,2H3;;1H2/q;;;;;;;;+1;. The number of Topliss-reactive ketones (excluding diaryl/α,β-unsaturated/α-hetero) is 1. The molecule has 0 bridgehead atoms. The molecule has 0 spiro atoms. The third-order valence-corrected chi connectivity index (χ3v) is 20.9. The first-order valence-corrected chi connectivity index (χ1v) is 43.0. The van der Waals surface area contributed by atoms with Crippen LogP contribution >= 0.6 is 63.7 Å². The zero-order chi connectivity index (χ0) is 74.0. The van der Waals surface area contributed by atoms with Crippen LogP contribution in [-0.2, 0) is 25.8 Å². The van der Waals surface area contributed by atoms with Crippen molar-refractivity contribution in [2.24, 2.45) is 0 Å². The molecule has 0 amide bonds. The van der Waals surface area contributed by atoms with E-state index in [0.717, 1.165) is 109 Å². The molecule has 0 aromatic heterocycles. The van der Waals surface area contributed by atoms with Crippen LogP contribution in [-0.4, -0.2) is 82.0 Å². The van der Waals surface area contributed by atoms with Crippen LogP contribution in [0.25, 0.3) is 0 Å². The summed E-state index contributed by atoms with van der Waals surface area (Å²) in [5.74, 6) is 11.4. The number of aliphatic hydroxyl groups is 1. The van der Waals surface area contributed by atoms with E-state index >= 15 is 0 Å². The molecule has 0 saturated heterocycles. The average Bonchev–Trinajstić information content (AvgIpc) is 0.797. The summed E-state index contributed by atoms with van der Waals surface area (Å²) in [5.41, 5.74) is 19.1. The van der Waals surface area contributed by atoms with E-state index < -0.39 is 21.7 Å².